The molecule has 3 N–H and O–H groups in total. The van der Waals surface area contributed by atoms with E-state index >= 15 is 0 Å². The van der Waals surface area contributed by atoms with Gasteiger partial charge in [-0.2, -0.15) is 5.10 Å². The molecule has 0 aliphatic carbocycles. The Kier molecular flexibility index (Phi) is 2.37. The van der Waals surface area contributed by atoms with Crippen LogP contribution in [0.25, 0.3) is 5.65 Å². The number of aromatic nitrogens is 3. The van der Waals surface area contributed by atoms with Crippen molar-refractivity contribution in [1.82, 2.24) is 14.6 Å². The molecule has 2 heterocycles. The summed E-state index contributed by atoms with van der Waals surface area (Å²) in [5.74, 6) is 0.954. The minimum absolute atomic E-state index is 0.143. The second-order valence-electron chi connectivity index (χ2n) is 3.39. The fourth-order valence-corrected chi connectivity index (χ4v) is 1.50. The summed E-state index contributed by atoms with van der Waals surface area (Å²) < 4.78 is 1.73. The summed E-state index contributed by atoms with van der Waals surface area (Å²) in [7, 11) is 0. The molecule has 0 saturated carbocycles. The van der Waals surface area contributed by atoms with E-state index in [4.69, 9.17) is 11.1 Å². The second kappa shape index (κ2) is 3.68. The normalized spacial score (nSPS) is 10.7. The Morgan fingerprint density at radius 3 is 3.07 bits per heavy atom. The van der Waals surface area contributed by atoms with Gasteiger partial charge in [0.1, 0.15) is 0 Å². The zero-order valence-corrected chi connectivity index (χ0v) is 8.57. The molecule has 0 bridgehead atoms. The molecule has 0 aromatic carbocycles. The zero-order valence-electron chi connectivity index (χ0n) is 8.57. The number of hydrogen-bond donors (Lipinski definition) is 2. The van der Waals surface area contributed by atoms with Gasteiger partial charge in [-0.05, 0) is 6.07 Å². The third kappa shape index (κ3) is 1.81. The highest BCUT2D eigenvalue weighted by Crippen LogP contribution is 2.09. The molecule has 0 amide bonds. The van der Waals surface area contributed by atoms with Crippen LogP contribution in [0.15, 0.2) is 18.3 Å². The first-order valence-corrected chi connectivity index (χ1v) is 4.86. The molecule has 78 valence electrons. The number of amidine groups is 1. The largest absolute Gasteiger partial charge is 0.387 e. The molecule has 0 radical (unpaired) electrons. The molecule has 0 atom stereocenters. The molecule has 5 heteroatoms. The average molecular weight is 203 g/mol. The van der Waals surface area contributed by atoms with E-state index in [0.29, 0.717) is 6.42 Å². The monoisotopic (exact) mass is 203 g/mol. The fraction of sp³-hybridized carbons (Fsp3) is 0.300. The summed E-state index contributed by atoms with van der Waals surface area (Å²) in [5, 5.41) is 11.6. The minimum Gasteiger partial charge on any atom is -0.387 e. The Balaban J connectivity index is 2.54. The number of nitrogens with one attached hydrogen (secondary N) is 1. The van der Waals surface area contributed by atoms with Gasteiger partial charge in [-0.3, -0.25) is 5.41 Å². The van der Waals surface area contributed by atoms with Gasteiger partial charge in [-0.25, -0.2) is 9.50 Å². The smallest absolute Gasteiger partial charge is 0.159 e. The lowest BCUT2D eigenvalue weighted by Crippen LogP contribution is -2.13. The van der Waals surface area contributed by atoms with Crippen molar-refractivity contribution in [3.05, 3.63) is 29.7 Å². The molecule has 2 rings (SSSR count). The van der Waals surface area contributed by atoms with Gasteiger partial charge in [-0.1, -0.05) is 13.0 Å². The van der Waals surface area contributed by atoms with E-state index in [1.165, 1.54) is 0 Å². The van der Waals surface area contributed by atoms with Gasteiger partial charge >= 0.3 is 0 Å². The number of nitrogens with zero attached hydrogens (tertiary/aromatic N) is 3. The van der Waals surface area contributed by atoms with Crippen LogP contribution in [0.4, 0.5) is 0 Å². The number of pyridine rings is 1. The summed E-state index contributed by atoms with van der Waals surface area (Å²) in [6, 6.07) is 3.81. The summed E-state index contributed by atoms with van der Waals surface area (Å²) in [5.41, 5.74) is 7.12. The van der Waals surface area contributed by atoms with Crippen LogP contribution >= 0.6 is 0 Å². The van der Waals surface area contributed by atoms with Gasteiger partial charge in [0.05, 0.1) is 5.84 Å². The lowest BCUT2D eigenvalue weighted by molar-refractivity contribution is 0.884. The predicted octanol–water partition coefficient (Wildman–Crippen LogP) is 0.770. The SMILES string of the molecule is CCc1nc2c(CC(=N)N)cccn2n1. The Morgan fingerprint density at radius 2 is 2.40 bits per heavy atom. The van der Waals surface area contributed by atoms with Crippen molar-refractivity contribution in [2.75, 3.05) is 0 Å². The Bertz CT molecular complexity index is 499. The fourth-order valence-electron chi connectivity index (χ4n) is 1.50. The van der Waals surface area contributed by atoms with Gasteiger partial charge in [0.25, 0.3) is 0 Å². The van der Waals surface area contributed by atoms with Gasteiger partial charge in [0.15, 0.2) is 11.5 Å². The standard InChI is InChI=1S/C10H13N5/c1-2-9-13-10-7(6-8(11)12)4-3-5-15(10)14-9/h3-5H,2,6H2,1H3,(H3,11,12). The first-order valence-electron chi connectivity index (χ1n) is 4.86. The summed E-state index contributed by atoms with van der Waals surface area (Å²) >= 11 is 0. The molecule has 5 nitrogen and oxygen atoms in total. The first-order chi connectivity index (χ1) is 7.20. The molecular weight excluding hydrogens is 190 g/mol. The van der Waals surface area contributed by atoms with Crippen molar-refractivity contribution in [2.24, 2.45) is 5.73 Å². The predicted molar refractivity (Wildman–Crippen MR) is 58.0 cm³/mol. The molecule has 0 unspecified atom stereocenters. The van der Waals surface area contributed by atoms with Crippen LogP contribution in [-0.2, 0) is 12.8 Å². The first kappa shape index (κ1) is 9.64. The van der Waals surface area contributed by atoms with Crippen LogP contribution in [0.3, 0.4) is 0 Å². The second-order valence-corrected chi connectivity index (χ2v) is 3.39. The van der Waals surface area contributed by atoms with Gasteiger partial charge < -0.3 is 5.73 Å². The number of hydrogen-bond acceptors (Lipinski definition) is 3. The van der Waals surface area contributed by atoms with E-state index in [9.17, 15) is 0 Å². The van der Waals surface area contributed by atoms with Gasteiger partial charge in [0, 0.05) is 24.6 Å². The topological polar surface area (TPSA) is 80.1 Å². The third-order valence-corrected chi connectivity index (χ3v) is 2.18. The lowest BCUT2D eigenvalue weighted by atomic mass is 10.2. The number of aryl methyl sites for hydroxylation is 1. The van der Waals surface area contributed by atoms with E-state index in [1.54, 1.807) is 4.52 Å². The minimum atomic E-state index is 0.143. The number of fused-ring (bicyclic) bond motifs is 1. The van der Waals surface area contributed by atoms with Crippen LogP contribution in [0.2, 0.25) is 0 Å². The molecular formula is C10H13N5. The lowest BCUT2D eigenvalue weighted by Gasteiger charge is -1.99. The summed E-state index contributed by atoms with van der Waals surface area (Å²) in [4.78, 5) is 4.38. The average Bonchev–Trinajstić information content (AvgIpc) is 2.61. The summed E-state index contributed by atoms with van der Waals surface area (Å²) in [6.07, 6.45) is 3.08. The Labute approximate surface area is 87.4 Å². The maximum atomic E-state index is 7.28. The van der Waals surface area contributed by atoms with Crippen molar-refractivity contribution in [3.8, 4) is 0 Å². The Morgan fingerprint density at radius 1 is 1.60 bits per heavy atom. The third-order valence-electron chi connectivity index (χ3n) is 2.18. The van der Waals surface area contributed by atoms with Crippen LogP contribution in [0, 0.1) is 5.41 Å². The van der Waals surface area contributed by atoms with Crippen LogP contribution in [0.1, 0.15) is 18.3 Å². The van der Waals surface area contributed by atoms with Crippen LogP contribution in [-0.4, -0.2) is 20.4 Å². The molecule has 0 aliphatic rings. The number of nitrogens with two attached hydrogens (primary N) is 1. The highest BCUT2D eigenvalue weighted by Gasteiger charge is 2.07. The van der Waals surface area contributed by atoms with E-state index in [1.807, 2.05) is 25.3 Å². The quantitative estimate of drug-likeness (QED) is 0.571. The van der Waals surface area contributed by atoms with E-state index < -0.39 is 0 Å². The highest BCUT2D eigenvalue weighted by molar-refractivity contribution is 5.81. The summed E-state index contributed by atoms with van der Waals surface area (Å²) in [6.45, 7) is 2.01. The van der Waals surface area contributed by atoms with E-state index in [2.05, 4.69) is 10.1 Å². The van der Waals surface area contributed by atoms with Crippen LogP contribution < -0.4 is 5.73 Å². The van der Waals surface area contributed by atoms with Crippen molar-refractivity contribution in [2.45, 2.75) is 19.8 Å². The van der Waals surface area contributed by atoms with Crippen molar-refractivity contribution >= 4 is 11.5 Å². The van der Waals surface area contributed by atoms with Crippen molar-refractivity contribution in [3.63, 3.8) is 0 Å². The van der Waals surface area contributed by atoms with E-state index in [0.717, 1.165) is 23.5 Å². The van der Waals surface area contributed by atoms with Crippen molar-refractivity contribution in [1.29, 1.82) is 5.41 Å². The maximum absolute atomic E-state index is 7.28. The highest BCUT2D eigenvalue weighted by atomic mass is 15.3. The maximum Gasteiger partial charge on any atom is 0.159 e. The number of rotatable bonds is 3. The molecule has 0 aliphatic heterocycles. The zero-order chi connectivity index (χ0) is 10.8. The van der Waals surface area contributed by atoms with E-state index in [-0.39, 0.29) is 5.84 Å². The Hall–Kier alpha value is -1.91. The van der Waals surface area contributed by atoms with Crippen molar-refractivity contribution < 1.29 is 0 Å². The molecule has 0 spiro atoms. The molecule has 2 aromatic rings. The molecule has 0 fully saturated rings. The van der Waals surface area contributed by atoms with Gasteiger partial charge in [0.2, 0.25) is 0 Å². The molecule has 15 heavy (non-hydrogen) atoms. The van der Waals surface area contributed by atoms with Crippen LogP contribution in [0.5, 0.6) is 0 Å². The molecule has 0 saturated heterocycles. The van der Waals surface area contributed by atoms with Gasteiger partial charge in [-0.15, -0.1) is 0 Å². The molecule has 2 aromatic heterocycles.